The van der Waals surface area contributed by atoms with Gasteiger partial charge in [0.15, 0.2) is 0 Å². The van der Waals surface area contributed by atoms with E-state index in [4.69, 9.17) is 56.8 Å². The standard InChI is InChI=1S/C30H56O15/c1-28(2)30(32)45-27-26-44-25-24-43-23-22-42-21-20-41-19-18-40-17-16-39-15-14-38-13-12-37-11-10-36-9-8-35-7-6-34-5-4-29(31)33-3/h1,4-27H2,2-3H3. The Morgan fingerprint density at radius 3 is 0.844 bits per heavy atom. The highest BCUT2D eigenvalue weighted by atomic mass is 16.6. The highest BCUT2D eigenvalue weighted by Crippen LogP contribution is 1.92. The molecular weight excluding hydrogens is 600 g/mol. The van der Waals surface area contributed by atoms with Gasteiger partial charge in [-0.25, -0.2) is 4.79 Å². The quantitative estimate of drug-likeness (QED) is 0.0527. The molecule has 266 valence electrons. The van der Waals surface area contributed by atoms with Crippen molar-refractivity contribution in [1.29, 1.82) is 0 Å². The van der Waals surface area contributed by atoms with Gasteiger partial charge in [0.05, 0.1) is 159 Å². The largest absolute Gasteiger partial charge is 0.469 e. The molecule has 0 heterocycles. The SMILES string of the molecule is C=C(C)C(=O)OCCOCCOCCOCCOCCOCCOCCOCCOCCOCCOCCOCCC(=O)OC. The molecular formula is C30H56O15. The van der Waals surface area contributed by atoms with Gasteiger partial charge in [-0.3, -0.25) is 4.79 Å². The summed E-state index contributed by atoms with van der Waals surface area (Å²) in [5.74, 6) is -0.706. The van der Waals surface area contributed by atoms with Gasteiger partial charge >= 0.3 is 11.9 Å². The van der Waals surface area contributed by atoms with Gasteiger partial charge in [-0.15, -0.1) is 0 Å². The average molecular weight is 657 g/mol. The molecule has 0 rings (SSSR count). The van der Waals surface area contributed by atoms with Crippen molar-refractivity contribution in [2.45, 2.75) is 13.3 Å². The van der Waals surface area contributed by atoms with Crippen LogP contribution in [-0.4, -0.2) is 171 Å². The first kappa shape index (κ1) is 43.2. The minimum atomic E-state index is -0.416. The van der Waals surface area contributed by atoms with Gasteiger partial charge in [0.2, 0.25) is 0 Å². The molecule has 0 aliphatic heterocycles. The van der Waals surface area contributed by atoms with Crippen LogP contribution in [0.2, 0.25) is 0 Å². The van der Waals surface area contributed by atoms with Crippen LogP contribution >= 0.6 is 0 Å². The van der Waals surface area contributed by atoms with Crippen molar-refractivity contribution in [3.63, 3.8) is 0 Å². The fourth-order valence-corrected chi connectivity index (χ4v) is 2.88. The van der Waals surface area contributed by atoms with Crippen LogP contribution in [0.25, 0.3) is 0 Å². The molecule has 0 bridgehead atoms. The van der Waals surface area contributed by atoms with E-state index in [9.17, 15) is 9.59 Å². The first-order chi connectivity index (χ1) is 22.1. The van der Waals surface area contributed by atoms with Crippen LogP contribution in [0.5, 0.6) is 0 Å². The highest BCUT2D eigenvalue weighted by Gasteiger charge is 2.02. The van der Waals surface area contributed by atoms with E-state index < -0.39 is 5.97 Å². The van der Waals surface area contributed by atoms with Gasteiger partial charge < -0.3 is 61.6 Å². The van der Waals surface area contributed by atoms with Gasteiger partial charge in [-0.1, -0.05) is 6.58 Å². The van der Waals surface area contributed by atoms with Gasteiger partial charge in [0.1, 0.15) is 6.61 Å². The number of carbonyl (C=O) groups is 2. The molecule has 45 heavy (non-hydrogen) atoms. The minimum absolute atomic E-state index is 0.195. The molecule has 0 fully saturated rings. The van der Waals surface area contributed by atoms with Gasteiger partial charge in [0.25, 0.3) is 0 Å². The zero-order valence-corrected chi connectivity index (χ0v) is 27.3. The lowest BCUT2D eigenvalue weighted by atomic mass is 10.4. The number of hydrogen-bond acceptors (Lipinski definition) is 15. The van der Waals surface area contributed by atoms with E-state index in [2.05, 4.69) is 11.3 Å². The van der Waals surface area contributed by atoms with Crippen LogP contribution in [0, 0.1) is 0 Å². The Labute approximate surface area is 267 Å². The summed E-state index contributed by atoms with van der Waals surface area (Å²) >= 11 is 0. The molecule has 15 nitrogen and oxygen atoms in total. The fourth-order valence-electron chi connectivity index (χ4n) is 2.88. The molecule has 0 saturated heterocycles. The molecule has 0 aromatic rings. The van der Waals surface area contributed by atoms with E-state index in [0.717, 1.165) is 0 Å². The second-order valence-corrected chi connectivity index (χ2v) is 8.98. The summed E-state index contributed by atoms with van der Waals surface area (Å²) < 4.78 is 68.8. The van der Waals surface area contributed by atoms with E-state index in [1.54, 1.807) is 6.92 Å². The van der Waals surface area contributed by atoms with E-state index in [0.29, 0.717) is 151 Å². The maximum atomic E-state index is 11.2. The summed E-state index contributed by atoms with van der Waals surface area (Å²) in [7, 11) is 1.35. The molecule has 0 aliphatic rings. The van der Waals surface area contributed by atoms with E-state index in [1.807, 2.05) is 0 Å². The molecule has 0 atom stereocenters. The third-order valence-corrected chi connectivity index (χ3v) is 5.21. The molecule has 0 spiro atoms. The number of ether oxygens (including phenoxy) is 13. The Hall–Kier alpha value is -1.76. The predicted octanol–water partition coefficient (Wildman–Crippen LogP) is 0.851. The zero-order valence-electron chi connectivity index (χ0n) is 27.3. The first-order valence-electron chi connectivity index (χ1n) is 15.3. The molecule has 0 aliphatic carbocycles. The lowest BCUT2D eigenvalue weighted by Gasteiger charge is -2.09. The number of methoxy groups -OCH3 is 1. The van der Waals surface area contributed by atoms with Crippen molar-refractivity contribution in [1.82, 2.24) is 0 Å². The van der Waals surface area contributed by atoms with Crippen LogP contribution in [0.3, 0.4) is 0 Å². The Balaban J connectivity index is 3.08. The lowest BCUT2D eigenvalue weighted by molar-refractivity contribution is -0.142. The third-order valence-electron chi connectivity index (χ3n) is 5.21. The van der Waals surface area contributed by atoms with Crippen molar-refractivity contribution in [3.05, 3.63) is 12.2 Å². The number of carbonyl (C=O) groups excluding carboxylic acids is 2. The molecule has 0 aromatic heterocycles. The van der Waals surface area contributed by atoms with Crippen LogP contribution in [0.15, 0.2) is 12.2 Å². The second-order valence-electron chi connectivity index (χ2n) is 8.98. The van der Waals surface area contributed by atoms with Crippen LogP contribution in [0.1, 0.15) is 13.3 Å². The summed E-state index contributed by atoms with van der Waals surface area (Å²) in [6.45, 7) is 15.3. The molecule has 0 N–H and O–H groups in total. The predicted molar refractivity (Wildman–Crippen MR) is 161 cm³/mol. The molecule has 0 saturated carbocycles. The van der Waals surface area contributed by atoms with Crippen LogP contribution < -0.4 is 0 Å². The van der Waals surface area contributed by atoms with E-state index in [-0.39, 0.29) is 19.0 Å². The highest BCUT2D eigenvalue weighted by molar-refractivity contribution is 5.86. The Morgan fingerprint density at radius 2 is 0.622 bits per heavy atom. The third kappa shape index (κ3) is 36.6. The average Bonchev–Trinajstić information content (AvgIpc) is 3.04. The molecule has 0 radical (unpaired) electrons. The van der Waals surface area contributed by atoms with Gasteiger partial charge in [-0.2, -0.15) is 0 Å². The summed E-state index contributed by atoms with van der Waals surface area (Å²) in [4.78, 5) is 22.1. The number of esters is 2. The Morgan fingerprint density at radius 1 is 0.400 bits per heavy atom. The maximum absolute atomic E-state index is 11.2. The van der Waals surface area contributed by atoms with E-state index in [1.165, 1.54) is 7.11 Å². The molecule has 0 aromatic carbocycles. The van der Waals surface area contributed by atoms with Crippen molar-refractivity contribution >= 4 is 11.9 Å². The van der Waals surface area contributed by atoms with Crippen LogP contribution in [0.4, 0.5) is 0 Å². The molecule has 0 amide bonds. The molecule has 15 heteroatoms. The zero-order chi connectivity index (χ0) is 32.9. The minimum Gasteiger partial charge on any atom is -0.469 e. The Kier molecular flexibility index (Phi) is 35.3. The maximum Gasteiger partial charge on any atom is 0.333 e. The summed E-state index contributed by atoms with van der Waals surface area (Å²) in [5.41, 5.74) is 0.366. The van der Waals surface area contributed by atoms with Gasteiger partial charge in [-0.05, 0) is 6.92 Å². The second kappa shape index (κ2) is 36.7. The smallest absolute Gasteiger partial charge is 0.333 e. The summed E-state index contributed by atoms with van der Waals surface area (Å²) in [5, 5.41) is 0. The van der Waals surface area contributed by atoms with Crippen molar-refractivity contribution < 1.29 is 71.2 Å². The summed E-state index contributed by atoms with van der Waals surface area (Å²) in [6, 6.07) is 0. The van der Waals surface area contributed by atoms with E-state index >= 15 is 0 Å². The topological polar surface area (TPSA) is 154 Å². The number of rotatable bonds is 37. The fraction of sp³-hybridized carbons (Fsp3) is 0.867. The monoisotopic (exact) mass is 656 g/mol. The van der Waals surface area contributed by atoms with Crippen molar-refractivity contribution in [2.75, 3.05) is 159 Å². The van der Waals surface area contributed by atoms with Crippen LogP contribution in [-0.2, 0) is 71.2 Å². The molecule has 0 unspecified atom stereocenters. The van der Waals surface area contributed by atoms with Gasteiger partial charge in [0, 0.05) is 5.57 Å². The normalized spacial score (nSPS) is 11.2. The summed E-state index contributed by atoms with van der Waals surface area (Å²) in [6.07, 6.45) is 0.241. The lowest BCUT2D eigenvalue weighted by Crippen LogP contribution is -2.15. The first-order valence-corrected chi connectivity index (χ1v) is 15.3. The Bertz CT molecular complexity index is 665. The van der Waals surface area contributed by atoms with Crippen molar-refractivity contribution in [3.8, 4) is 0 Å². The number of hydrogen-bond donors (Lipinski definition) is 0. The van der Waals surface area contributed by atoms with Crippen molar-refractivity contribution in [2.24, 2.45) is 0 Å².